The van der Waals surface area contributed by atoms with Gasteiger partial charge in [0.15, 0.2) is 0 Å². The fourth-order valence-electron chi connectivity index (χ4n) is 3.55. The number of halogens is 1. The van der Waals surface area contributed by atoms with Gasteiger partial charge in [-0.15, -0.1) is 6.42 Å². The average molecular weight is 444 g/mol. The highest BCUT2D eigenvalue weighted by molar-refractivity contribution is 7.89. The van der Waals surface area contributed by atoms with Crippen molar-refractivity contribution >= 4 is 15.9 Å². The van der Waals surface area contributed by atoms with Crippen molar-refractivity contribution in [3.63, 3.8) is 0 Å². The van der Waals surface area contributed by atoms with Crippen LogP contribution in [-0.4, -0.2) is 38.9 Å². The highest BCUT2D eigenvalue weighted by Gasteiger charge is 2.24. The van der Waals surface area contributed by atoms with Crippen LogP contribution >= 0.6 is 0 Å². The molecule has 0 aliphatic carbocycles. The van der Waals surface area contributed by atoms with Crippen molar-refractivity contribution in [2.24, 2.45) is 5.92 Å². The number of hydrogen-bond donors (Lipinski definition) is 2. The Labute approximate surface area is 182 Å². The molecule has 0 radical (unpaired) electrons. The Morgan fingerprint density at radius 1 is 1.10 bits per heavy atom. The first-order valence-electron chi connectivity index (χ1n) is 10.1. The molecule has 6 nitrogen and oxygen atoms in total. The number of hydrogen-bond acceptors (Lipinski definition) is 4. The number of nitrogens with one attached hydrogen (secondary N) is 2. The maximum atomic E-state index is 13.3. The van der Waals surface area contributed by atoms with Gasteiger partial charge in [0.25, 0.3) is 0 Å². The number of rotatable bonds is 8. The SMILES string of the molecule is C#CCN1CCC(C(=O)NCc2cccc(S(=O)(=O)NCc3cccc(F)c3)c2)CC1. The van der Waals surface area contributed by atoms with E-state index in [0.717, 1.165) is 25.9 Å². The van der Waals surface area contributed by atoms with Crippen LogP contribution in [0.1, 0.15) is 24.0 Å². The third-order valence-electron chi connectivity index (χ3n) is 5.30. The maximum absolute atomic E-state index is 13.3. The highest BCUT2D eigenvalue weighted by atomic mass is 32.2. The molecule has 31 heavy (non-hydrogen) atoms. The number of carbonyl (C=O) groups excluding carboxylic acids is 1. The molecule has 0 bridgehead atoms. The molecule has 1 amide bonds. The van der Waals surface area contributed by atoms with Gasteiger partial charge in [0.05, 0.1) is 11.4 Å². The van der Waals surface area contributed by atoms with Crippen LogP contribution in [0.25, 0.3) is 0 Å². The van der Waals surface area contributed by atoms with Gasteiger partial charge in [-0.25, -0.2) is 17.5 Å². The molecule has 8 heteroatoms. The standard InChI is InChI=1S/C23H26FN3O3S/c1-2-11-27-12-9-20(10-13-27)23(28)25-16-19-6-4-8-22(15-19)31(29,30)26-17-18-5-3-7-21(24)14-18/h1,3-8,14-15,20,26H,9-13,16-17H2,(H,25,28). The first kappa shape index (κ1) is 22.9. The van der Waals surface area contributed by atoms with Gasteiger partial charge in [0, 0.05) is 19.0 Å². The van der Waals surface area contributed by atoms with Crippen LogP contribution in [0.3, 0.4) is 0 Å². The van der Waals surface area contributed by atoms with Crippen LogP contribution in [0.5, 0.6) is 0 Å². The molecular formula is C23H26FN3O3S. The smallest absolute Gasteiger partial charge is 0.240 e. The van der Waals surface area contributed by atoms with E-state index >= 15 is 0 Å². The summed E-state index contributed by atoms with van der Waals surface area (Å²) in [5.41, 5.74) is 1.21. The predicted molar refractivity (Wildman–Crippen MR) is 117 cm³/mol. The second-order valence-corrected chi connectivity index (χ2v) is 9.34. The summed E-state index contributed by atoms with van der Waals surface area (Å²) in [6.07, 6.45) is 6.84. The fourth-order valence-corrected chi connectivity index (χ4v) is 4.63. The van der Waals surface area contributed by atoms with Crippen LogP contribution in [0, 0.1) is 24.1 Å². The van der Waals surface area contributed by atoms with Crippen molar-refractivity contribution in [3.8, 4) is 12.3 Å². The van der Waals surface area contributed by atoms with Crippen molar-refractivity contribution < 1.29 is 17.6 Å². The van der Waals surface area contributed by atoms with E-state index in [1.807, 2.05) is 0 Å². The van der Waals surface area contributed by atoms with Crippen LogP contribution in [0.2, 0.25) is 0 Å². The third-order valence-corrected chi connectivity index (χ3v) is 6.70. The molecule has 164 valence electrons. The zero-order chi connectivity index (χ0) is 22.3. The Morgan fingerprint density at radius 2 is 1.77 bits per heavy atom. The number of carbonyl (C=O) groups is 1. The molecule has 1 aliphatic rings. The van der Waals surface area contributed by atoms with Crippen LogP contribution in [-0.2, 0) is 27.9 Å². The first-order valence-corrected chi connectivity index (χ1v) is 11.6. The minimum atomic E-state index is -3.77. The lowest BCUT2D eigenvalue weighted by Gasteiger charge is -2.29. The average Bonchev–Trinajstić information content (AvgIpc) is 2.77. The zero-order valence-electron chi connectivity index (χ0n) is 17.2. The van der Waals surface area contributed by atoms with Gasteiger partial charge in [-0.05, 0) is 61.3 Å². The quantitative estimate of drug-likeness (QED) is 0.614. The van der Waals surface area contributed by atoms with E-state index in [0.29, 0.717) is 17.7 Å². The Bertz CT molecular complexity index is 1060. The number of likely N-dealkylation sites (tertiary alicyclic amines) is 1. The molecular weight excluding hydrogens is 417 g/mol. The van der Waals surface area contributed by atoms with E-state index in [9.17, 15) is 17.6 Å². The van der Waals surface area contributed by atoms with E-state index in [-0.39, 0.29) is 29.8 Å². The lowest BCUT2D eigenvalue weighted by Crippen LogP contribution is -2.40. The molecule has 0 saturated carbocycles. The summed E-state index contributed by atoms with van der Waals surface area (Å²) < 4.78 is 41.0. The number of amides is 1. The van der Waals surface area contributed by atoms with Crippen LogP contribution < -0.4 is 10.0 Å². The molecule has 1 saturated heterocycles. The van der Waals surface area contributed by atoms with E-state index < -0.39 is 15.8 Å². The molecule has 2 aromatic rings. The first-order chi connectivity index (χ1) is 14.9. The second kappa shape index (κ2) is 10.5. The number of piperidine rings is 1. The summed E-state index contributed by atoms with van der Waals surface area (Å²) in [5, 5.41) is 2.90. The van der Waals surface area contributed by atoms with E-state index in [2.05, 4.69) is 20.9 Å². The van der Waals surface area contributed by atoms with Crippen molar-refractivity contribution in [1.82, 2.24) is 14.9 Å². The van der Waals surface area contributed by atoms with E-state index in [1.54, 1.807) is 18.2 Å². The van der Waals surface area contributed by atoms with E-state index in [1.165, 1.54) is 30.3 Å². The Kier molecular flexibility index (Phi) is 7.80. The monoisotopic (exact) mass is 443 g/mol. The third kappa shape index (κ3) is 6.62. The summed E-state index contributed by atoms with van der Waals surface area (Å²) in [5.74, 6) is 2.11. The lowest BCUT2D eigenvalue weighted by atomic mass is 9.96. The molecule has 1 aliphatic heterocycles. The number of nitrogens with zero attached hydrogens (tertiary/aromatic N) is 1. The maximum Gasteiger partial charge on any atom is 0.240 e. The Balaban J connectivity index is 1.55. The van der Waals surface area contributed by atoms with Gasteiger partial charge in [-0.2, -0.15) is 0 Å². The minimum absolute atomic E-state index is 0.0145. The van der Waals surface area contributed by atoms with Gasteiger partial charge in [0.2, 0.25) is 15.9 Å². The summed E-state index contributed by atoms with van der Waals surface area (Å²) in [6, 6.07) is 12.2. The molecule has 0 aromatic heterocycles. The molecule has 3 rings (SSSR count). The minimum Gasteiger partial charge on any atom is -0.352 e. The van der Waals surface area contributed by atoms with Gasteiger partial charge in [0.1, 0.15) is 5.82 Å². The summed E-state index contributed by atoms with van der Waals surface area (Å²) in [4.78, 5) is 14.7. The number of terminal acetylenes is 1. The summed E-state index contributed by atoms with van der Waals surface area (Å²) >= 11 is 0. The zero-order valence-corrected chi connectivity index (χ0v) is 18.0. The van der Waals surface area contributed by atoms with Crippen LogP contribution in [0.4, 0.5) is 4.39 Å². The largest absolute Gasteiger partial charge is 0.352 e. The number of benzene rings is 2. The van der Waals surface area contributed by atoms with Gasteiger partial charge < -0.3 is 5.32 Å². The molecule has 2 N–H and O–H groups in total. The Hall–Kier alpha value is -2.73. The van der Waals surface area contributed by atoms with Crippen molar-refractivity contribution in [2.75, 3.05) is 19.6 Å². The van der Waals surface area contributed by atoms with Gasteiger partial charge in [-0.3, -0.25) is 9.69 Å². The molecule has 0 atom stereocenters. The molecule has 1 heterocycles. The van der Waals surface area contributed by atoms with E-state index in [4.69, 9.17) is 6.42 Å². The van der Waals surface area contributed by atoms with Crippen LogP contribution in [0.15, 0.2) is 53.4 Å². The molecule has 2 aromatic carbocycles. The summed E-state index contributed by atoms with van der Waals surface area (Å²) in [6.45, 7) is 2.43. The second-order valence-electron chi connectivity index (χ2n) is 7.57. The van der Waals surface area contributed by atoms with Crippen molar-refractivity contribution in [2.45, 2.75) is 30.8 Å². The number of sulfonamides is 1. The topological polar surface area (TPSA) is 78.5 Å². The molecule has 0 unspecified atom stereocenters. The lowest BCUT2D eigenvalue weighted by molar-refractivity contribution is -0.126. The van der Waals surface area contributed by atoms with Gasteiger partial charge in [-0.1, -0.05) is 30.2 Å². The molecule has 1 fully saturated rings. The molecule has 0 spiro atoms. The summed E-state index contributed by atoms with van der Waals surface area (Å²) in [7, 11) is -3.77. The Morgan fingerprint density at radius 3 is 2.45 bits per heavy atom. The normalized spacial score (nSPS) is 15.4. The predicted octanol–water partition coefficient (Wildman–Crippen LogP) is 2.27. The highest BCUT2D eigenvalue weighted by Crippen LogP contribution is 2.18. The fraction of sp³-hybridized carbons (Fsp3) is 0.348. The van der Waals surface area contributed by atoms with Crippen molar-refractivity contribution in [3.05, 3.63) is 65.5 Å². The van der Waals surface area contributed by atoms with Gasteiger partial charge >= 0.3 is 0 Å². The van der Waals surface area contributed by atoms with Crippen molar-refractivity contribution in [1.29, 1.82) is 0 Å².